The number of Topliss-reactive ketones (excluding diaryl/α,β-unsaturated/α-hetero) is 1. The summed E-state index contributed by atoms with van der Waals surface area (Å²) in [6.45, 7) is 5.26. The van der Waals surface area contributed by atoms with Crippen LogP contribution in [0.4, 0.5) is 18.9 Å². The Kier molecular flexibility index (Phi) is 8.02. The van der Waals surface area contributed by atoms with Gasteiger partial charge in [-0.2, -0.15) is 0 Å². The molecule has 0 radical (unpaired) electrons. The minimum Gasteiger partial charge on any atom is -0.489 e. The molecule has 35 heavy (non-hydrogen) atoms. The van der Waals surface area contributed by atoms with Crippen LogP contribution in [-0.4, -0.2) is 35.9 Å². The third-order valence-electron chi connectivity index (χ3n) is 7.33. The van der Waals surface area contributed by atoms with Gasteiger partial charge in [0.05, 0.1) is 17.9 Å². The number of halogens is 3. The highest BCUT2D eigenvalue weighted by Gasteiger charge is 2.44. The number of anilines is 1. The number of rotatable bonds is 11. The van der Waals surface area contributed by atoms with Crippen molar-refractivity contribution in [2.24, 2.45) is 5.92 Å². The van der Waals surface area contributed by atoms with Crippen molar-refractivity contribution < 1.29 is 22.7 Å². The van der Waals surface area contributed by atoms with Crippen LogP contribution in [0.1, 0.15) is 76.0 Å². The molecule has 1 aromatic heterocycles. The summed E-state index contributed by atoms with van der Waals surface area (Å²) in [7, 11) is 0. The Hall–Kier alpha value is -2.57. The second-order valence-corrected chi connectivity index (χ2v) is 10.1. The predicted molar refractivity (Wildman–Crippen MR) is 131 cm³/mol. The molecule has 2 unspecified atom stereocenters. The molecular formula is C28H35F3N2O2. The van der Waals surface area contributed by atoms with Crippen LogP contribution in [0.5, 0.6) is 5.75 Å². The molecule has 4 rings (SSSR count). The maximum Gasteiger partial charge on any atom is 0.248 e. The largest absolute Gasteiger partial charge is 0.489 e. The van der Waals surface area contributed by atoms with Gasteiger partial charge >= 0.3 is 0 Å². The lowest BCUT2D eigenvalue weighted by atomic mass is 9.77. The van der Waals surface area contributed by atoms with E-state index in [9.17, 15) is 18.0 Å². The third-order valence-corrected chi connectivity index (χ3v) is 7.33. The van der Waals surface area contributed by atoms with Gasteiger partial charge in [-0.3, -0.25) is 9.78 Å². The number of ketones is 1. The Morgan fingerprint density at radius 3 is 2.66 bits per heavy atom. The number of hydrogen-bond donors (Lipinski definition) is 0. The van der Waals surface area contributed by atoms with Gasteiger partial charge in [-0.15, -0.1) is 0 Å². The summed E-state index contributed by atoms with van der Waals surface area (Å²) in [5.41, 5.74) is 2.01. The number of hydrogen-bond acceptors (Lipinski definition) is 4. The average molecular weight is 489 g/mol. The van der Waals surface area contributed by atoms with Crippen LogP contribution in [0, 0.1) is 11.7 Å². The molecule has 190 valence electrons. The number of aryl methyl sites for hydroxylation is 1. The molecule has 2 fully saturated rings. The highest BCUT2D eigenvalue weighted by molar-refractivity contribution is 5.85. The first-order valence-corrected chi connectivity index (χ1v) is 12.8. The first kappa shape index (κ1) is 25.5. The van der Waals surface area contributed by atoms with Gasteiger partial charge in [-0.1, -0.05) is 32.4 Å². The van der Waals surface area contributed by atoms with E-state index in [-0.39, 0.29) is 42.4 Å². The third kappa shape index (κ3) is 6.36. The quantitative estimate of drug-likeness (QED) is 0.352. The van der Waals surface area contributed by atoms with Gasteiger partial charge in [0, 0.05) is 44.3 Å². The zero-order valence-corrected chi connectivity index (χ0v) is 20.6. The van der Waals surface area contributed by atoms with Gasteiger partial charge in [-0.25, -0.2) is 13.2 Å². The van der Waals surface area contributed by atoms with Crippen LogP contribution in [0.15, 0.2) is 36.5 Å². The van der Waals surface area contributed by atoms with E-state index in [1.54, 1.807) is 12.3 Å². The van der Waals surface area contributed by atoms with E-state index in [1.165, 1.54) is 0 Å². The monoisotopic (exact) mass is 488 g/mol. The van der Waals surface area contributed by atoms with Gasteiger partial charge in [-0.05, 0) is 48.9 Å². The summed E-state index contributed by atoms with van der Waals surface area (Å²) in [6.07, 6.45) is 5.68. The van der Waals surface area contributed by atoms with Crippen molar-refractivity contribution in [3.05, 3.63) is 53.6 Å². The lowest BCUT2D eigenvalue weighted by Gasteiger charge is -2.34. The molecule has 2 atom stereocenters. The fraction of sp³-hybridized carbons (Fsp3) is 0.571. The van der Waals surface area contributed by atoms with Crippen molar-refractivity contribution in [3.63, 3.8) is 0 Å². The van der Waals surface area contributed by atoms with Crippen molar-refractivity contribution in [1.82, 2.24) is 4.98 Å². The highest BCUT2D eigenvalue weighted by Crippen LogP contribution is 2.44. The number of carbonyl (C=O) groups is 1. The normalized spacial score (nSPS) is 20.5. The number of ether oxygens (including phenoxy) is 1. The summed E-state index contributed by atoms with van der Waals surface area (Å²) in [4.78, 5) is 18.8. The second kappa shape index (κ2) is 11.0. The van der Waals surface area contributed by atoms with Gasteiger partial charge in [0.25, 0.3) is 0 Å². The number of alkyl halides is 2. The van der Waals surface area contributed by atoms with Crippen LogP contribution in [0.3, 0.4) is 0 Å². The molecule has 4 nitrogen and oxygen atoms in total. The van der Waals surface area contributed by atoms with Crippen molar-refractivity contribution in [3.8, 4) is 5.75 Å². The molecule has 1 saturated carbocycles. The van der Waals surface area contributed by atoms with E-state index in [4.69, 9.17) is 4.74 Å². The molecule has 0 N–H and O–H groups in total. The first-order chi connectivity index (χ1) is 16.8. The Labute approximate surface area is 205 Å². The fourth-order valence-electron chi connectivity index (χ4n) is 5.05. The van der Waals surface area contributed by atoms with E-state index in [0.29, 0.717) is 37.2 Å². The summed E-state index contributed by atoms with van der Waals surface area (Å²) in [6, 6.07) is 9.25. The summed E-state index contributed by atoms with van der Waals surface area (Å²) in [5.74, 6) is -2.27. The van der Waals surface area contributed by atoms with Crippen molar-refractivity contribution in [2.45, 2.75) is 83.2 Å². The van der Waals surface area contributed by atoms with Crippen LogP contribution in [0.2, 0.25) is 0 Å². The fourth-order valence-corrected chi connectivity index (χ4v) is 5.05. The van der Waals surface area contributed by atoms with Crippen LogP contribution < -0.4 is 9.64 Å². The summed E-state index contributed by atoms with van der Waals surface area (Å²) >= 11 is 0. The van der Waals surface area contributed by atoms with Crippen LogP contribution >= 0.6 is 0 Å². The molecule has 0 spiro atoms. The molecule has 2 aliphatic rings. The highest BCUT2D eigenvalue weighted by atomic mass is 19.3. The lowest BCUT2D eigenvalue weighted by Crippen LogP contribution is -2.35. The molecule has 0 amide bonds. The van der Waals surface area contributed by atoms with Gasteiger partial charge < -0.3 is 9.64 Å². The van der Waals surface area contributed by atoms with Crippen LogP contribution in [0.25, 0.3) is 0 Å². The van der Waals surface area contributed by atoms with Gasteiger partial charge in [0.15, 0.2) is 5.82 Å². The molecule has 1 aliphatic heterocycles. The number of benzene rings is 1. The topological polar surface area (TPSA) is 42.4 Å². The predicted octanol–water partition coefficient (Wildman–Crippen LogP) is 6.72. The summed E-state index contributed by atoms with van der Waals surface area (Å²) < 4.78 is 47.0. The summed E-state index contributed by atoms with van der Waals surface area (Å²) in [5, 5.41) is 0. The number of aromatic nitrogens is 1. The van der Waals surface area contributed by atoms with Crippen molar-refractivity contribution in [1.29, 1.82) is 0 Å². The number of unbranched alkanes of at least 4 members (excludes halogenated alkanes) is 1. The Morgan fingerprint density at radius 2 is 1.97 bits per heavy atom. The molecule has 1 aliphatic carbocycles. The molecular weight excluding hydrogens is 453 g/mol. The van der Waals surface area contributed by atoms with Crippen molar-refractivity contribution >= 4 is 11.5 Å². The zero-order chi connectivity index (χ0) is 25.0. The van der Waals surface area contributed by atoms with Gasteiger partial charge in [0.2, 0.25) is 5.92 Å². The molecule has 7 heteroatoms. The lowest BCUT2D eigenvalue weighted by molar-refractivity contribution is -0.126. The number of pyridine rings is 1. The molecule has 2 heterocycles. The van der Waals surface area contributed by atoms with E-state index < -0.39 is 5.92 Å². The Bertz CT molecular complexity index is 1000. The standard InChI is InChI=1S/C28H35F3N2O2/c1-3-4-5-24-27(29)25(12-14-32-24)33-15-13-23(18-33)35-22-9-7-21(8-10-22)19(2)26(34)11-6-20-16-28(30,31)17-20/h7-10,12,14,19-20,23H,3-6,11,13,15-18H2,1-2H3. The minimum absolute atomic E-state index is 0.0357. The maximum atomic E-state index is 14.9. The SMILES string of the molecule is CCCCc1nccc(N2CCC(Oc3ccc(C(C)C(=O)CCC4CC(F)(F)C4)cc3)C2)c1F. The molecule has 1 aromatic carbocycles. The number of nitrogens with zero attached hydrogens (tertiary/aromatic N) is 2. The molecule has 1 saturated heterocycles. The maximum absolute atomic E-state index is 14.9. The molecule has 0 bridgehead atoms. The first-order valence-electron chi connectivity index (χ1n) is 12.8. The Morgan fingerprint density at radius 1 is 1.23 bits per heavy atom. The second-order valence-electron chi connectivity index (χ2n) is 10.1. The molecule has 2 aromatic rings. The van der Waals surface area contributed by atoms with E-state index in [0.717, 1.165) is 37.1 Å². The van der Waals surface area contributed by atoms with E-state index >= 15 is 0 Å². The van der Waals surface area contributed by atoms with E-state index in [2.05, 4.69) is 11.9 Å². The zero-order valence-electron chi connectivity index (χ0n) is 20.6. The van der Waals surface area contributed by atoms with Crippen molar-refractivity contribution in [2.75, 3.05) is 18.0 Å². The van der Waals surface area contributed by atoms with Crippen LogP contribution in [-0.2, 0) is 11.2 Å². The van der Waals surface area contributed by atoms with Gasteiger partial charge in [0.1, 0.15) is 17.6 Å². The Balaban J connectivity index is 1.27. The average Bonchev–Trinajstić information content (AvgIpc) is 3.28. The minimum atomic E-state index is -2.53. The van der Waals surface area contributed by atoms with E-state index in [1.807, 2.05) is 36.1 Å². The number of carbonyl (C=O) groups excluding carboxylic acids is 1. The smallest absolute Gasteiger partial charge is 0.248 e.